The highest BCUT2D eigenvalue weighted by Gasteiger charge is 2.07. The van der Waals surface area contributed by atoms with Gasteiger partial charge in [0.15, 0.2) is 0 Å². The molecule has 0 saturated carbocycles. The van der Waals surface area contributed by atoms with Crippen LogP contribution in [0.3, 0.4) is 0 Å². The van der Waals surface area contributed by atoms with Gasteiger partial charge in [-0.25, -0.2) is 9.37 Å². The summed E-state index contributed by atoms with van der Waals surface area (Å²) in [6.07, 6.45) is 1.06. The molecule has 0 saturated heterocycles. The van der Waals surface area contributed by atoms with Crippen LogP contribution in [0.5, 0.6) is 11.6 Å². The summed E-state index contributed by atoms with van der Waals surface area (Å²) in [5.74, 6) is 0.458. The lowest BCUT2D eigenvalue weighted by Gasteiger charge is -2.09. The molecule has 5 heteroatoms. The first-order valence-corrected chi connectivity index (χ1v) is 5.74. The molecule has 100 valence electrons. The van der Waals surface area contributed by atoms with Gasteiger partial charge in [-0.3, -0.25) is 0 Å². The molecule has 0 atom stereocenters. The van der Waals surface area contributed by atoms with Gasteiger partial charge in [-0.15, -0.1) is 0 Å². The second kappa shape index (κ2) is 6.15. The third-order valence-corrected chi connectivity index (χ3v) is 2.57. The molecule has 1 aromatic carbocycles. The predicted molar refractivity (Wildman–Crippen MR) is 67.4 cm³/mol. The Morgan fingerprint density at radius 3 is 2.89 bits per heavy atom. The topological polar surface area (TPSA) is 51.6 Å². The molecule has 0 spiro atoms. The van der Waals surface area contributed by atoms with Crippen LogP contribution in [-0.2, 0) is 13.2 Å². The highest BCUT2D eigenvalue weighted by atomic mass is 19.1. The lowest BCUT2D eigenvalue weighted by molar-refractivity contribution is 0.251. The summed E-state index contributed by atoms with van der Waals surface area (Å²) in [7, 11) is 1.59. The second-order valence-corrected chi connectivity index (χ2v) is 3.92. The number of nitrogens with zero attached hydrogens (tertiary/aromatic N) is 1. The zero-order chi connectivity index (χ0) is 13.7. The first-order chi connectivity index (χ1) is 9.22. The normalized spacial score (nSPS) is 10.3. The molecule has 0 unspecified atom stereocenters. The van der Waals surface area contributed by atoms with Crippen LogP contribution in [0.1, 0.15) is 11.1 Å². The predicted octanol–water partition coefficient (Wildman–Crippen LogP) is 2.30. The molecule has 4 nitrogen and oxygen atoms in total. The first kappa shape index (κ1) is 13.3. The van der Waals surface area contributed by atoms with Crippen LogP contribution < -0.4 is 9.47 Å². The number of hydrogen-bond donors (Lipinski definition) is 1. The van der Waals surface area contributed by atoms with E-state index in [0.717, 1.165) is 17.5 Å². The van der Waals surface area contributed by atoms with Crippen molar-refractivity contribution in [2.75, 3.05) is 7.11 Å². The van der Waals surface area contributed by atoms with E-state index in [0.29, 0.717) is 5.56 Å². The summed E-state index contributed by atoms with van der Waals surface area (Å²) >= 11 is 0. The lowest BCUT2D eigenvalue weighted by Crippen LogP contribution is -2.02. The summed E-state index contributed by atoms with van der Waals surface area (Å²) in [5.41, 5.74) is 1.22. The number of methoxy groups -OCH3 is 1. The average Bonchev–Trinajstić information content (AvgIpc) is 2.46. The van der Waals surface area contributed by atoms with E-state index >= 15 is 0 Å². The van der Waals surface area contributed by atoms with Gasteiger partial charge in [-0.05, 0) is 23.8 Å². The summed E-state index contributed by atoms with van der Waals surface area (Å²) < 4.78 is 23.5. The van der Waals surface area contributed by atoms with Gasteiger partial charge < -0.3 is 14.6 Å². The fourth-order valence-corrected chi connectivity index (χ4v) is 1.63. The van der Waals surface area contributed by atoms with Crippen molar-refractivity contribution in [1.82, 2.24) is 4.98 Å². The smallest absolute Gasteiger partial charge is 0.219 e. The molecule has 19 heavy (non-hydrogen) atoms. The van der Waals surface area contributed by atoms with Crippen LogP contribution in [0.4, 0.5) is 4.39 Å². The highest BCUT2D eigenvalue weighted by molar-refractivity contribution is 5.29. The molecule has 0 radical (unpaired) electrons. The largest absolute Gasteiger partial charge is 0.497 e. The molecule has 0 aliphatic rings. The Balaban J connectivity index is 2.09. The van der Waals surface area contributed by atoms with Gasteiger partial charge in [0.2, 0.25) is 5.88 Å². The number of aliphatic hydroxyl groups is 1. The van der Waals surface area contributed by atoms with Gasteiger partial charge in [0.05, 0.1) is 19.9 Å². The van der Waals surface area contributed by atoms with Crippen LogP contribution in [0.2, 0.25) is 0 Å². The second-order valence-electron chi connectivity index (χ2n) is 3.92. The SMILES string of the molecule is COc1cccc(COc2ncc(F)cc2CO)c1. The monoisotopic (exact) mass is 263 g/mol. The van der Waals surface area contributed by atoms with Crippen molar-refractivity contribution in [3.63, 3.8) is 0 Å². The van der Waals surface area contributed by atoms with E-state index in [1.807, 2.05) is 24.3 Å². The van der Waals surface area contributed by atoms with E-state index in [2.05, 4.69) is 4.98 Å². The molecule has 0 fully saturated rings. The molecular weight excluding hydrogens is 249 g/mol. The molecule has 0 bridgehead atoms. The van der Waals surface area contributed by atoms with E-state index < -0.39 is 5.82 Å². The van der Waals surface area contributed by atoms with E-state index in [4.69, 9.17) is 14.6 Å². The van der Waals surface area contributed by atoms with Crippen LogP contribution in [0, 0.1) is 5.82 Å². The maximum Gasteiger partial charge on any atom is 0.219 e. The average molecular weight is 263 g/mol. The van der Waals surface area contributed by atoms with Crippen molar-refractivity contribution in [3.05, 3.63) is 53.5 Å². The molecule has 2 aromatic rings. The molecule has 2 rings (SSSR count). The number of pyridine rings is 1. The summed E-state index contributed by atoms with van der Waals surface area (Å²) in [4.78, 5) is 3.82. The Bertz CT molecular complexity index is 560. The van der Waals surface area contributed by atoms with Gasteiger partial charge in [0.25, 0.3) is 0 Å². The minimum absolute atomic E-state index is 0.228. The maximum absolute atomic E-state index is 13.0. The van der Waals surface area contributed by atoms with Crippen molar-refractivity contribution in [2.24, 2.45) is 0 Å². The zero-order valence-corrected chi connectivity index (χ0v) is 10.5. The Kier molecular flexibility index (Phi) is 4.30. The van der Waals surface area contributed by atoms with Gasteiger partial charge in [-0.2, -0.15) is 0 Å². The van der Waals surface area contributed by atoms with E-state index in [-0.39, 0.29) is 19.1 Å². The lowest BCUT2D eigenvalue weighted by atomic mass is 10.2. The molecular formula is C14H14FNO3. The van der Waals surface area contributed by atoms with E-state index in [1.54, 1.807) is 7.11 Å². The number of rotatable bonds is 5. The van der Waals surface area contributed by atoms with Crippen molar-refractivity contribution in [2.45, 2.75) is 13.2 Å². The third kappa shape index (κ3) is 3.42. The number of hydrogen-bond acceptors (Lipinski definition) is 4. The Hall–Kier alpha value is -2.14. The molecule has 1 heterocycles. The first-order valence-electron chi connectivity index (χ1n) is 5.74. The van der Waals surface area contributed by atoms with Crippen LogP contribution >= 0.6 is 0 Å². The highest BCUT2D eigenvalue weighted by Crippen LogP contribution is 2.19. The quantitative estimate of drug-likeness (QED) is 0.899. The van der Waals surface area contributed by atoms with Gasteiger partial charge in [-0.1, -0.05) is 12.1 Å². The van der Waals surface area contributed by atoms with E-state index in [9.17, 15) is 4.39 Å². The number of halogens is 1. The van der Waals surface area contributed by atoms with Crippen LogP contribution in [0.15, 0.2) is 36.5 Å². The Labute approximate surface area is 110 Å². The summed E-state index contributed by atoms with van der Waals surface area (Å²) in [5, 5.41) is 9.12. The summed E-state index contributed by atoms with van der Waals surface area (Å²) in [6, 6.07) is 8.60. The van der Waals surface area contributed by atoms with Crippen molar-refractivity contribution >= 4 is 0 Å². The van der Waals surface area contributed by atoms with Crippen molar-refractivity contribution in [1.29, 1.82) is 0 Å². The number of aliphatic hydroxyl groups excluding tert-OH is 1. The molecule has 0 amide bonds. The van der Waals surface area contributed by atoms with Crippen LogP contribution in [0.25, 0.3) is 0 Å². The molecule has 1 aromatic heterocycles. The Morgan fingerprint density at radius 2 is 2.16 bits per heavy atom. The zero-order valence-electron chi connectivity index (χ0n) is 10.5. The van der Waals surface area contributed by atoms with E-state index in [1.165, 1.54) is 6.07 Å². The molecule has 1 N–H and O–H groups in total. The minimum Gasteiger partial charge on any atom is -0.497 e. The van der Waals surface area contributed by atoms with Crippen molar-refractivity contribution in [3.8, 4) is 11.6 Å². The number of aromatic nitrogens is 1. The fraction of sp³-hybridized carbons (Fsp3) is 0.214. The number of benzene rings is 1. The summed E-state index contributed by atoms with van der Waals surface area (Å²) in [6.45, 7) is -0.0545. The number of ether oxygens (including phenoxy) is 2. The Morgan fingerprint density at radius 1 is 1.32 bits per heavy atom. The van der Waals surface area contributed by atoms with Crippen LogP contribution in [-0.4, -0.2) is 17.2 Å². The van der Waals surface area contributed by atoms with Gasteiger partial charge >= 0.3 is 0 Å². The minimum atomic E-state index is -0.502. The van der Waals surface area contributed by atoms with Gasteiger partial charge in [0, 0.05) is 5.56 Å². The fourth-order valence-electron chi connectivity index (χ4n) is 1.63. The third-order valence-electron chi connectivity index (χ3n) is 2.57. The molecule has 0 aliphatic heterocycles. The maximum atomic E-state index is 13.0. The molecule has 0 aliphatic carbocycles. The standard InChI is InChI=1S/C14H14FNO3/c1-18-13-4-2-3-10(5-13)9-19-14-11(8-17)6-12(15)7-16-14/h2-7,17H,8-9H2,1H3. The van der Waals surface area contributed by atoms with Crippen molar-refractivity contribution < 1.29 is 19.0 Å². The van der Waals surface area contributed by atoms with Gasteiger partial charge in [0.1, 0.15) is 18.2 Å².